The van der Waals surface area contributed by atoms with Gasteiger partial charge in [-0.2, -0.15) is 13.5 Å². The Kier molecular flexibility index (Phi) is 5.00. The van der Waals surface area contributed by atoms with Gasteiger partial charge in [-0.1, -0.05) is 24.3 Å². The number of nitrogens with zero attached hydrogens (tertiary/aromatic N) is 1. The number of hydrogen-bond donors (Lipinski definition) is 1. The molecule has 22 heavy (non-hydrogen) atoms. The number of hydrazone groups is 1. The van der Waals surface area contributed by atoms with Crippen molar-refractivity contribution in [2.24, 2.45) is 5.10 Å². The topological polar surface area (TPSA) is 77.0 Å². The zero-order valence-corrected chi connectivity index (χ0v) is 13.0. The van der Waals surface area contributed by atoms with Crippen LogP contribution in [0.5, 0.6) is 11.5 Å². The van der Waals surface area contributed by atoms with Crippen LogP contribution < -0.4 is 14.3 Å². The zero-order chi connectivity index (χ0) is 16.0. The van der Waals surface area contributed by atoms with Crippen LogP contribution in [0.2, 0.25) is 0 Å². The van der Waals surface area contributed by atoms with E-state index >= 15 is 0 Å². The second kappa shape index (κ2) is 6.95. The largest absolute Gasteiger partial charge is 0.493 e. The first-order valence-electron chi connectivity index (χ1n) is 6.39. The minimum Gasteiger partial charge on any atom is -0.493 e. The fourth-order valence-electron chi connectivity index (χ4n) is 1.83. The van der Waals surface area contributed by atoms with E-state index in [1.165, 1.54) is 32.6 Å². The molecule has 2 aromatic rings. The van der Waals surface area contributed by atoms with Gasteiger partial charge in [0.1, 0.15) is 0 Å². The Labute approximate surface area is 129 Å². The fraction of sp³-hybridized carbons (Fsp3) is 0.133. The van der Waals surface area contributed by atoms with Crippen molar-refractivity contribution in [2.45, 2.75) is 4.90 Å². The van der Waals surface area contributed by atoms with Gasteiger partial charge in [0.15, 0.2) is 11.5 Å². The van der Waals surface area contributed by atoms with E-state index in [-0.39, 0.29) is 4.90 Å². The van der Waals surface area contributed by atoms with Crippen LogP contribution in [0.25, 0.3) is 0 Å². The average molecular weight is 320 g/mol. The van der Waals surface area contributed by atoms with Crippen molar-refractivity contribution in [1.82, 2.24) is 4.83 Å². The lowest BCUT2D eigenvalue weighted by atomic mass is 10.2. The molecule has 0 aliphatic rings. The van der Waals surface area contributed by atoms with Crippen LogP contribution in [-0.4, -0.2) is 28.9 Å². The molecular weight excluding hydrogens is 304 g/mol. The second-order valence-corrected chi connectivity index (χ2v) is 5.91. The number of hydrogen-bond acceptors (Lipinski definition) is 5. The summed E-state index contributed by atoms with van der Waals surface area (Å²) in [6.45, 7) is 0. The number of para-hydroxylation sites is 1. The molecule has 7 heteroatoms. The Morgan fingerprint density at radius 1 is 1.00 bits per heavy atom. The molecule has 0 unspecified atom stereocenters. The van der Waals surface area contributed by atoms with Gasteiger partial charge in [0.25, 0.3) is 10.0 Å². The van der Waals surface area contributed by atoms with E-state index in [0.717, 1.165) is 0 Å². The minimum atomic E-state index is -3.69. The molecule has 1 N–H and O–H groups in total. The van der Waals surface area contributed by atoms with Crippen LogP contribution in [0, 0.1) is 0 Å². The Hall–Kier alpha value is -2.54. The van der Waals surface area contributed by atoms with Gasteiger partial charge in [0.05, 0.1) is 25.3 Å². The SMILES string of the molecule is COc1cccc(C=NNS(=O)(=O)c2ccccc2)c1OC. The van der Waals surface area contributed by atoms with E-state index in [1.807, 2.05) is 0 Å². The van der Waals surface area contributed by atoms with Crippen LogP contribution in [0.4, 0.5) is 0 Å². The second-order valence-electron chi connectivity index (χ2n) is 4.25. The Morgan fingerprint density at radius 2 is 1.73 bits per heavy atom. The Bertz CT molecular complexity index is 758. The van der Waals surface area contributed by atoms with Gasteiger partial charge in [0.2, 0.25) is 0 Å². The predicted molar refractivity (Wildman–Crippen MR) is 83.9 cm³/mol. The summed E-state index contributed by atoms with van der Waals surface area (Å²) >= 11 is 0. The fourth-order valence-corrected chi connectivity index (χ4v) is 2.64. The van der Waals surface area contributed by atoms with Crippen LogP contribution in [0.15, 0.2) is 58.5 Å². The van der Waals surface area contributed by atoms with E-state index in [2.05, 4.69) is 9.93 Å². The maximum Gasteiger partial charge on any atom is 0.276 e. The highest BCUT2D eigenvalue weighted by atomic mass is 32.2. The molecule has 0 fully saturated rings. The summed E-state index contributed by atoms with van der Waals surface area (Å²) < 4.78 is 34.4. The van der Waals surface area contributed by atoms with Crippen molar-refractivity contribution in [2.75, 3.05) is 14.2 Å². The molecule has 0 radical (unpaired) electrons. The highest BCUT2D eigenvalue weighted by molar-refractivity contribution is 7.89. The Balaban J connectivity index is 2.20. The van der Waals surface area contributed by atoms with Gasteiger partial charge < -0.3 is 9.47 Å². The van der Waals surface area contributed by atoms with Crippen LogP contribution in [0.3, 0.4) is 0 Å². The molecule has 0 aromatic heterocycles. The summed E-state index contributed by atoms with van der Waals surface area (Å²) in [5.41, 5.74) is 0.595. The molecule has 2 rings (SSSR count). The van der Waals surface area contributed by atoms with Crippen molar-refractivity contribution in [3.8, 4) is 11.5 Å². The van der Waals surface area contributed by atoms with E-state index in [4.69, 9.17) is 9.47 Å². The van der Waals surface area contributed by atoms with E-state index < -0.39 is 10.0 Å². The zero-order valence-electron chi connectivity index (χ0n) is 12.2. The molecule has 0 bridgehead atoms. The molecule has 116 valence electrons. The summed E-state index contributed by atoms with van der Waals surface area (Å²) in [4.78, 5) is 2.30. The Morgan fingerprint density at radius 3 is 2.36 bits per heavy atom. The third-order valence-corrected chi connectivity index (χ3v) is 4.10. The molecule has 0 saturated carbocycles. The monoisotopic (exact) mass is 320 g/mol. The predicted octanol–water partition coefficient (Wildman–Crippen LogP) is 2.02. The molecule has 0 atom stereocenters. The summed E-state index contributed by atoms with van der Waals surface area (Å²) in [5, 5.41) is 3.78. The summed E-state index contributed by atoms with van der Waals surface area (Å²) in [6.07, 6.45) is 1.36. The first-order valence-corrected chi connectivity index (χ1v) is 7.87. The van der Waals surface area contributed by atoms with Gasteiger partial charge in [-0.25, -0.2) is 4.83 Å². The quantitative estimate of drug-likeness (QED) is 0.652. The summed E-state index contributed by atoms with van der Waals surface area (Å²) in [7, 11) is -0.658. The lowest BCUT2D eigenvalue weighted by Crippen LogP contribution is -2.18. The third-order valence-electron chi connectivity index (χ3n) is 2.86. The van der Waals surface area contributed by atoms with E-state index in [1.54, 1.807) is 36.4 Å². The number of methoxy groups -OCH3 is 2. The van der Waals surface area contributed by atoms with Gasteiger partial charge >= 0.3 is 0 Å². The number of sulfonamides is 1. The molecule has 0 aliphatic carbocycles. The molecular formula is C15H16N2O4S. The number of nitrogens with one attached hydrogen (secondary N) is 1. The molecule has 0 aliphatic heterocycles. The minimum absolute atomic E-state index is 0.143. The van der Waals surface area contributed by atoms with Crippen molar-refractivity contribution in [3.05, 3.63) is 54.1 Å². The summed E-state index contributed by atoms with van der Waals surface area (Å²) in [5.74, 6) is 1.02. The highest BCUT2D eigenvalue weighted by Gasteiger charge is 2.12. The van der Waals surface area contributed by atoms with Gasteiger partial charge in [-0.15, -0.1) is 0 Å². The normalized spacial score (nSPS) is 11.4. The van der Waals surface area contributed by atoms with Gasteiger partial charge in [-0.05, 0) is 24.3 Å². The maximum absolute atomic E-state index is 12.0. The van der Waals surface area contributed by atoms with Crippen molar-refractivity contribution >= 4 is 16.2 Å². The number of benzene rings is 2. The van der Waals surface area contributed by atoms with Crippen LogP contribution in [-0.2, 0) is 10.0 Å². The van der Waals surface area contributed by atoms with Crippen molar-refractivity contribution < 1.29 is 17.9 Å². The van der Waals surface area contributed by atoms with Crippen molar-refractivity contribution in [3.63, 3.8) is 0 Å². The molecule has 6 nitrogen and oxygen atoms in total. The van der Waals surface area contributed by atoms with E-state index in [9.17, 15) is 8.42 Å². The average Bonchev–Trinajstić information content (AvgIpc) is 2.55. The standard InChI is InChI=1S/C15H16N2O4S/c1-20-14-10-6-7-12(15(14)21-2)11-16-17-22(18,19)13-8-4-3-5-9-13/h3-11,17H,1-2H3. The van der Waals surface area contributed by atoms with Gasteiger partial charge in [0, 0.05) is 5.56 Å². The smallest absolute Gasteiger partial charge is 0.276 e. The first-order chi connectivity index (χ1) is 10.6. The lowest BCUT2D eigenvalue weighted by Gasteiger charge is -2.09. The maximum atomic E-state index is 12.0. The van der Waals surface area contributed by atoms with E-state index in [0.29, 0.717) is 17.1 Å². The number of ether oxygens (including phenoxy) is 2. The van der Waals surface area contributed by atoms with Crippen LogP contribution in [0.1, 0.15) is 5.56 Å². The molecule has 0 heterocycles. The third kappa shape index (κ3) is 3.56. The first kappa shape index (κ1) is 15.8. The summed E-state index contributed by atoms with van der Waals surface area (Å²) in [6, 6.07) is 13.2. The molecule has 0 amide bonds. The number of rotatable bonds is 6. The lowest BCUT2D eigenvalue weighted by molar-refractivity contribution is 0.354. The van der Waals surface area contributed by atoms with Gasteiger partial charge in [-0.3, -0.25) is 0 Å². The molecule has 2 aromatic carbocycles. The highest BCUT2D eigenvalue weighted by Crippen LogP contribution is 2.29. The van der Waals surface area contributed by atoms with Crippen molar-refractivity contribution in [1.29, 1.82) is 0 Å². The van der Waals surface area contributed by atoms with Crippen LogP contribution >= 0.6 is 0 Å². The molecule has 0 spiro atoms. The molecule has 0 saturated heterocycles.